The Hall–Kier alpha value is -0.610. The van der Waals surface area contributed by atoms with Gasteiger partial charge in [0, 0.05) is 7.98 Å². The van der Waals surface area contributed by atoms with Crippen LogP contribution in [0.15, 0.2) is 0 Å². The minimum Gasteiger partial charge on any atom is -0.480 e. The molecule has 0 amide bonds. The highest BCUT2D eigenvalue weighted by atomic mass is 16.4. The van der Waals surface area contributed by atoms with Crippen LogP contribution in [-0.2, 0) is 4.79 Å². The highest BCUT2D eigenvalue weighted by Crippen LogP contribution is 1.92. The van der Waals surface area contributed by atoms with E-state index in [-0.39, 0.29) is 6.61 Å². The first kappa shape index (κ1) is 9.48. The van der Waals surface area contributed by atoms with E-state index >= 15 is 0 Å². The second kappa shape index (κ2) is 7.06. The van der Waals surface area contributed by atoms with Crippen molar-refractivity contribution < 1.29 is 16.4 Å². The second-order valence-corrected chi connectivity index (χ2v) is 2.65. The number of aliphatic carboxylic acids is 1. The Kier molecular flexibility index (Phi) is 5.58. The topological polar surface area (TPSA) is 69.6 Å². The first-order valence-electron chi connectivity index (χ1n) is 4.67. The zero-order valence-electron chi connectivity index (χ0n) is 8.29. The first-order chi connectivity index (χ1) is 6.07. The van der Waals surface area contributed by atoms with E-state index in [2.05, 4.69) is 5.32 Å². The molecular weight excluding hydrogens is 158 g/mol. The summed E-state index contributed by atoms with van der Waals surface area (Å²) in [5.41, 5.74) is 0. The average Bonchev–Trinajstić information content (AvgIpc) is 2.04. The van der Waals surface area contributed by atoms with Gasteiger partial charge < -0.3 is 15.5 Å². The lowest BCUT2D eigenvalue weighted by atomic mass is 10.2. The predicted octanol–water partition coefficient (Wildman–Crippen LogP) is 0.212. The van der Waals surface area contributed by atoms with Crippen LogP contribution in [-0.4, -0.2) is 35.4 Å². The summed E-state index contributed by atoms with van der Waals surface area (Å²) in [7, 11) is 0. The molecule has 3 N–H and O–H groups in total. The summed E-state index contributed by atoms with van der Waals surface area (Å²) in [6.07, 6.45) is 1.97. The van der Waals surface area contributed by atoms with E-state index in [9.17, 15) is 4.79 Å². The maximum atomic E-state index is 10.4. The second-order valence-electron chi connectivity index (χ2n) is 2.65. The van der Waals surface area contributed by atoms with Crippen molar-refractivity contribution in [2.24, 2.45) is 0 Å². The van der Waals surface area contributed by atoms with E-state index in [4.69, 9.17) is 11.6 Å². The molecular formula is C8H17NO3. The largest absolute Gasteiger partial charge is 0.480 e. The smallest absolute Gasteiger partial charge is 0.320 e. The summed E-state index contributed by atoms with van der Waals surface area (Å²) in [5, 5.41) is 19.6. The lowest BCUT2D eigenvalue weighted by molar-refractivity contribution is -0.138. The van der Waals surface area contributed by atoms with Crippen molar-refractivity contribution in [3.8, 4) is 0 Å². The number of hydrogen-bond acceptors (Lipinski definition) is 3. The van der Waals surface area contributed by atoms with Gasteiger partial charge in [0.25, 0.3) is 0 Å². The molecule has 4 nitrogen and oxygen atoms in total. The molecule has 0 aromatic carbocycles. The number of unbranched alkanes of at least 4 members (excludes halogenated alkanes) is 1. The van der Waals surface area contributed by atoms with Gasteiger partial charge in [0.15, 0.2) is 0 Å². The molecule has 0 heterocycles. The van der Waals surface area contributed by atoms with E-state index in [1.165, 1.54) is 6.92 Å². The molecule has 0 fully saturated rings. The third-order valence-electron chi connectivity index (χ3n) is 1.49. The average molecular weight is 176 g/mol. The number of rotatable bonds is 7. The number of carboxylic acid groups (broad SMARTS) is 1. The number of nitrogens with one attached hydrogen (secondary N) is 1. The standard InChI is InChI=1S/C8H17NO3/c1-7(8(11)12)9-5-3-2-4-6-10/h7,9-10H,2-6H2,1H3,(H,11,12)/i5D. The molecule has 0 aromatic rings. The lowest BCUT2D eigenvalue weighted by Gasteiger charge is -2.07. The van der Waals surface area contributed by atoms with Crippen LogP contribution in [0.25, 0.3) is 0 Å². The molecule has 0 aliphatic heterocycles. The van der Waals surface area contributed by atoms with Gasteiger partial charge in [-0.3, -0.25) is 4.79 Å². The van der Waals surface area contributed by atoms with Gasteiger partial charge in [-0.05, 0) is 32.7 Å². The molecule has 72 valence electrons. The van der Waals surface area contributed by atoms with Gasteiger partial charge in [-0.15, -0.1) is 0 Å². The molecule has 2 atom stereocenters. The molecule has 0 aliphatic carbocycles. The third-order valence-corrected chi connectivity index (χ3v) is 1.49. The van der Waals surface area contributed by atoms with Gasteiger partial charge in [0.2, 0.25) is 0 Å². The molecule has 0 rings (SSSR count). The highest BCUT2D eigenvalue weighted by Gasteiger charge is 2.07. The first-order valence-corrected chi connectivity index (χ1v) is 4.10. The van der Waals surface area contributed by atoms with E-state index in [1.54, 1.807) is 0 Å². The van der Waals surface area contributed by atoms with Crippen LogP contribution >= 0.6 is 0 Å². The zero-order chi connectivity index (χ0) is 10.3. The van der Waals surface area contributed by atoms with Crippen LogP contribution < -0.4 is 5.32 Å². The van der Waals surface area contributed by atoms with E-state index in [1.807, 2.05) is 0 Å². The Balaban J connectivity index is 3.49. The summed E-state index contributed by atoms with van der Waals surface area (Å²) in [6.45, 7) is 1.08. The molecule has 0 bridgehead atoms. The molecule has 0 radical (unpaired) electrons. The van der Waals surface area contributed by atoms with Crippen molar-refractivity contribution in [3.63, 3.8) is 0 Å². The van der Waals surface area contributed by atoms with Crippen LogP contribution in [0.4, 0.5) is 0 Å². The van der Waals surface area contributed by atoms with Gasteiger partial charge in [-0.1, -0.05) is 0 Å². The highest BCUT2D eigenvalue weighted by molar-refractivity contribution is 5.72. The quantitative estimate of drug-likeness (QED) is 0.485. The Labute approximate surface area is 74.0 Å². The number of hydrogen-bond donors (Lipinski definition) is 3. The fraction of sp³-hybridized carbons (Fsp3) is 0.875. The Morgan fingerprint density at radius 1 is 1.58 bits per heavy atom. The van der Waals surface area contributed by atoms with Gasteiger partial charge >= 0.3 is 5.97 Å². The summed E-state index contributed by atoms with van der Waals surface area (Å²) in [6, 6.07) is -0.684. The third kappa shape index (κ3) is 6.12. The van der Waals surface area contributed by atoms with Gasteiger partial charge in [-0.2, -0.15) is 0 Å². The number of aliphatic hydroxyl groups excluding tert-OH is 1. The Morgan fingerprint density at radius 2 is 2.25 bits per heavy atom. The number of carbonyl (C=O) groups is 1. The molecule has 2 unspecified atom stereocenters. The summed E-state index contributed by atoms with van der Waals surface area (Å²) < 4.78 is 7.42. The molecule has 0 saturated heterocycles. The van der Waals surface area contributed by atoms with Crippen molar-refractivity contribution in [2.45, 2.75) is 32.2 Å². The molecule has 0 saturated carbocycles. The molecule has 4 heteroatoms. The zero-order valence-corrected chi connectivity index (χ0v) is 7.29. The van der Waals surface area contributed by atoms with Crippen molar-refractivity contribution in [2.75, 3.05) is 13.1 Å². The Morgan fingerprint density at radius 3 is 2.75 bits per heavy atom. The summed E-state index contributed by atoms with van der Waals surface area (Å²) in [5.74, 6) is -0.945. The fourth-order valence-corrected chi connectivity index (χ4v) is 0.690. The SMILES string of the molecule is [2H]C(CCCCO)NC(C)C(=O)O. The van der Waals surface area contributed by atoms with Gasteiger partial charge in [0.05, 0.1) is 0 Å². The van der Waals surface area contributed by atoms with E-state index < -0.39 is 18.5 Å². The van der Waals surface area contributed by atoms with Crippen LogP contribution in [0, 0.1) is 0 Å². The monoisotopic (exact) mass is 176 g/mol. The Bertz CT molecular complexity index is 154. The lowest BCUT2D eigenvalue weighted by Crippen LogP contribution is -2.34. The van der Waals surface area contributed by atoms with Crippen LogP contribution in [0.3, 0.4) is 0 Å². The minimum absolute atomic E-state index is 0.126. The molecule has 0 aliphatic rings. The van der Waals surface area contributed by atoms with Gasteiger partial charge in [-0.25, -0.2) is 0 Å². The van der Waals surface area contributed by atoms with Crippen molar-refractivity contribution in [1.82, 2.24) is 5.32 Å². The maximum Gasteiger partial charge on any atom is 0.320 e. The molecule has 0 spiro atoms. The maximum absolute atomic E-state index is 10.4. The predicted molar refractivity (Wildman–Crippen MR) is 46.0 cm³/mol. The van der Waals surface area contributed by atoms with Crippen molar-refractivity contribution in [1.29, 1.82) is 0 Å². The van der Waals surface area contributed by atoms with Gasteiger partial charge in [0.1, 0.15) is 6.04 Å². The number of carboxylic acids is 1. The van der Waals surface area contributed by atoms with Crippen LogP contribution in [0.5, 0.6) is 0 Å². The molecule has 12 heavy (non-hydrogen) atoms. The van der Waals surface area contributed by atoms with Crippen LogP contribution in [0.1, 0.15) is 27.6 Å². The van der Waals surface area contributed by atoms with Crippen molar-refractivity contribution >= 4 is 5.97 Å². The van der Waals surface area contributed by atoms with E-state index in [0.29, 0.717) is 12.8 Å². The van der Waals surface area contributed by atoms with E-state index in [0.717, 1.165) is 6.42 Å². The number of aliphatic hydroxyl groups is 1. The summed E-state index contributed by atoms with van der Waals surface area (Å²) >= 11 is 0. The summed E-state index contributed by atoms with van der Waals surface area (Å²) in [4.78, 5) is 10.4. The minimum atomic E-state index is -0.945. The molecule has 0 aromatic heterocycles. The normalized spacial score (nSPS) is 16.7. The van der Waals surface area contributed by atoms with Crippen molar-refractivity contribution in [3.05, 3.63) is 0 Å². The fourth-order valence-electron chi connectivity index (χ4n) is 0.690. The van der Waals surface area contributed by atoms with Crippen LogP contribution in [0.2, 0.25) is 0 Å².